The Kier molecular flexibility index (Phi) is 10.4. The van der Waals surface area contributed by atoms with Gasteiger partial charge in [0.1, 0.15) is 12.6 Å². The minimum Gasteiger partial charge on any atom is -0.352 e. The number of halogens is 4. The van der Waals surface area contributed by atoms with Gasteiger partial charge in [-0.3, -0.25) is 13.9 Å². The lowest BCUT2D eigenvalue weighted by Gasteiger charge is -2.33. The van der Waals surface area contributed by atoms with Gasteiger partial charge in [-0.2, -0.15) is 13.2 Å². The molecule has 0 saturated carbocycles. The molecule has 2 aromatic rings. The van der Waals surface area contributed by atoms with E-state index in [0.717, 1.165) is 18.4 Å². The number of amides is 2. The highest BCUT2D eigenvalue weighted by molar-refractivity contribution is 7.92. The number of carbonyl (C=O) groups is 2. The number of sulfonamides is 1. The normalized spacial score (nSPS) is 13.5. The summed E-state index contributed by atoms with van der Waals surface area (Å²) in [7, 11) is -4.20. The van der Waals surface area contributed by atoms with Gasteiger partial charge in [0.25, 0.3) is 0 Å². The Labute approximate surface area is 220 Å². The van der Waals surface area contributed by atoms with Crippen molar-refractivity contribution in [1.82, 2.24) is 10.2 Å². The Balaban J connectivity index is 2.50. The van der Waals surface area contributed by atoms with E-state index in [9.17, 15) is 31.2 Å². The maximum absolute atomic E-state index is 13.6. The van der Waals surface area contributed by atoms with Crippen LogP contribution in [0.2, 0.25) is 5.02 Å². The lowest BCUT2D eigenvalue weighted by atomic mass is 10.1. The van der Waals surface area contributed by atoms with Crippen molar-refractivity contribution in [1.29, 1.82) is 0 Å². The summed E-state index contributed by atoms with van der Waals surface area (Å²) >= 11 is 5.69. The van der Waals surface area contributed by atoms with Gasteiger partial charge in [-0.1, -0.05) is 55.8 Å². The monoisotopic (exact) mass is 561 g/mol. The van der Waals surface area contributed by atoms with Crippen molar-refractivity contribution in [2.45, 2.75) is 58.4 Å². The first-order valence-corrected chi connectivity index (χ1v) is 13.9. The molecule has 0 aliphatic heterocycles. The van der Waals surface area contributed by atoms with Gasteiger partial charge in [0.05, 0.1) is 22.5 Å². The van der Waals surface area contributed by atoms with E-state index in [2.05, 4.69) is 5.32 Å². The third kappa shape index (κ3) is 8.36. The first-order valence-electron chi connectivity index (χ1n) is 11.7. The van der Waals surface area contributed by atoms with Crippen LogP contribution in [0, 0.1) is 0 Å². The van der Waals surface area contributed by atoms with Crippen molar-refractivity contribution < 1.29 is 31.2 Å². The van der Waals surface area contributed by atoms with E-state index in [0.29, 0.717) is 22.4 Å². The van der Waals surface area contributed by atoms with E-state index in [1.165, 1.54) is 4.90 Å². The van der Waals surface area contributed by atoms with Crippen LogP contribution in [0.15, 0.2) is 48.5 Å². The quantitative estimate of drug-likeness (QED) is 0.425. The Morgan fingerprint density at radius 2 is 1.68 bits per heavy atom. The average Bonchev–Trinajstić information content (AvgIpc) is 2.81. The van der Waals surface area contributed by atoms with Gasteiger partial charge in [-0.05, 0) is 43.5 Å². The molecule has 0 bridgehead atoms. The molecule has 2 aromatic carbocycles. The summed E-state index contributed by atoms with van der Waals surface area (Å²) in [5.74, 6) is -1.15. The summed E-state index contributed by atoms with van der Waals surface area (Å²) in [6.45, 7) is 4.62. The van der Waals surface area contributed by atoms with E-state index < -0.39 is 51.2 Å². The van der Waals surface area contributed by atoms with Gasteiger partial charge in [-0.15, -0.1) is 0 Å². The number of anilines is 1. The van der Waals surface area contributed by atoms with Crippen molar-refractivity contribution >= 4 is 39.1 Å². The van der Waals surface area contributed by atoms with E-state index in [1.54, 1.807) is 37.3 Å². The topological polar surface area (TPSA) is 86.8 Å². The molecule has 0 spiro atoms. The number of hydrogen-bond donors (Lipinski definition) is 1. The zero-order valence-corrected chi connectivity index (χ0v) is 22.6. The zero-order chi connectivity index (χ0) is 28.0. The number of carbonyl (C=O) groups excluding carboxylic acids is 2. The molecule has 37 heavy (non-hydrogen) atoms. The Morgan fingerprint density at radius 3 is 2.19 bits per heavy atom. The maximum Gasteiger partial charge on any atom is 0.417 e. The highest BCUT2D eigenvalue weighted by Gasteiger charge is 2.36. The van der Waals surface area contributed by atoms with Crippen molar-refractivity contribution in [3.05, 3.63) is 64.7 Å². The number of hydrogen-bond acceptors (Lipinski definition) is 4. The van der Waals surface area contributed by atoms with Crippen LogP contribution in [-0.4, -0.2) is 50.0 Å². The lowest BCUT2D eigenvalue weighted by Crippen LogP contribution is -2.53. The minimum atomic E-state index is -4.83. The molecule has 0 unspecified atom stereocenters. The SMILES string of the molecule is CC[C@H](C)NC(=O)[C@H](CC)N(Cc1ccccc1)C(=O)CN(c1ccc(Cl)c(C(F)(F)F)c1)S(C)(=O)=O. The minimum absolute atomic E-state index is 0.00186. The molecular weight excluding hydrogens is 531 g/mol. The molecule has 0 fully saturated rings. The van der Waals surface area contributed by atoms with E-state index in [1.807, 2.05) is 13.8 Å². The summed E-state index contributed by atoms with van der Waals surface area (Å²) < 4.78 is 66.1. The number of nitrogens with zero attached hydrogens (tertiary/aromatic N) is 2. The molecule has 7 nitrogen and oxygen atoms in total. The van der Waals surface area contributed by atoms with Gasteiger partial charge >= 0.3 is 6.18 Å². The van der Waals surface area contributed by atoms with Gasteiger partial charge in [0.2, 0.25) is 21.8 Å². The maximum atomic E-state index is 13.6. The predicted molar refractivity (Wildman–Crippen MR) is 138 cm³/mol. The summed E-state index contributed by atoms with van der Waals surface area (Å²) in [6, 6.07) is 10.3. The summed E-state index contributed by atoms with van der Waals surface area (Å²) in [5, 5.41) is 2.24. The van der Waals surface area contributed by atoms with E-state index >= 15 is 0 Å². The summed E-state index contributed by atoms with van der Waals surface area (Å²) in [5.41, 5.74) is -0.903. The van der Waals surface area contributed by atoms with Gasteiger partial charge in [0.15, 0.2) is 0 Å². The smallest absolute Gasteiger partial charge is 0.352 e. The zero-order valence-electron chi connectivity index (χ0n) is 21.0. The fourth-order valence-electron chi connectivity index (χ4n) is 3.64. The molecule has 0 aromatic heterocycles. The molecule has 0 aliphatic carbocycles. The van der Waals surface area contributed by atoms with Crippen molar-refractivity contribution in [3.63, 3.8) is 0 Å². The Bertz CT molecular complexity index is 1190. The molecule has 2 atom stereocenters. The Morgan fingerprint density at radius 1 is 1.05 bits per heavy atom. The van der Waals surface area contributed by atoms with Crippen LogP contribution in [0.5, 0.6) is 0 Å². The van der Waals surface area contributed by atoms with Crippen LogP contribution in [-0.2, 0) is 32.3 Å². The Hall–Kier alpha value is -2.79. The second-order valence-corrected chi connectivity index (χ2v) is 11.0. The molecule has 0 radical (unpaired) electrons. The van der Waals surface area contributed by atoms with Crippen LogP contribution < -0.4 is 9.62 Å². The molecule has 204 valence electrons. The van der Waals surface area contributed by atoms with Crippen LogP contribution >= 0.6 is 11.6 Å². The fraction of sp³-hybridized carbons (Fsp3) is 0.440. The second kappa shape index (κ2) is 12.6. The molecule has 2 amide bonds. The summed E-state index contributed by atoms with van der Waals surface area (Å²) in [4.78, 5) is 27.9. The van der Waals surface area contributed by atoms with Gasteiger partial charge in [-0.25, -0.2) is 8.42 Å². The molecule has 0 heterocycles. The third-order valence-corrected chi connectivity index (χ3v) is 7.28. The van der Waals surface area contributed by atoms with Crippen molar-refractivity contribution in [3.8, 4) is 0 Å². The first-order chi connectivity index (χ1) is 17.2. The number of alkyl halides is 3. The van der Waals surface area contributed by atoms with Crippen LogP contribution in [0.3, 0.4) is 0 Å². The summed E-state index contributed by atoms with van der Waals surface area (Å²) in [6.07, 6.45) is -3.15. The standard InChI is InChI=1S/C25H31ClF3N3O4S/c1-5-17(3)30-24(34)22(6-2)31(15-18-10-8-7-9-11-18)23(33)16-32(37(4,35)36)19-12-13-21(26)20(14-19)25(27,28)29/h7-14,17,22H,5-6,15-16H2,1-4H3,(H,30,34)/t17-,22-/m0/s1. The second-order valence-electron chi connectivity index (χ2n) is 8.68. The van der Waals surface area contributed by atoms with Crippen LogP contribution in [0.1, 0.15) is 44.7 Å². The average molecular weight is 562 g/mol. The molecule has 12 heteroatoms. The number of nitrogens with one attached hydrogen (secondary N) is 1. The molecule has 0 saturated heterocycles. The molecule has 2 rings (SSSR count). The molecule has 0 aliphatic rings. The predicted octanol–water partition coefficient (Wildman–Crippen LogP) is 4.85. The van der Waals surface area contributed by atoms with Gasteiger partial charge < -0.3 is 10.2 Å². The van der Waals surface area contributed by atoms with Crippen molar-refractivity contribution in [2.24, 2.45) is 0 Å². The third-order valence-electron chi connectivity index (χ3n) is 5.81. The number of rotatable bonds is 11. The van der Waals surface area contributed by atoms with E-state index in [4.69, 9.17) is 11.6 Å². The highest BCUT2D eigenvalue weighted by Crippen LogP contribution is 2.37. The lowest BCUT2D eigenvalue weighted by molar-refractivity contribution is -0.140. The highest BCUT2D eigenvalue weighted by atomic mass is 35.5. The largest absolute Gasteiger partial charge is 0.417 e. The molecule has 1 N–H and O–H groups in total. The van der Waals surface area contributed by atoms with E-state index in [-0.39, 0.29) is 24.7 Å². The van der Waals surface area contributed by atoms with Crippen LogP contribution in [0.4, 0.5) is 18.9 Å². The number of benzene rings is 2. The fourth-order valence-corrected chi connectivity index (χ4v) is 4.71. The van der Waals surface area contributed by atoms with Gasteiger partial charge in [0, 0.05) is 12.6 Å². The van der Waals surface area contributed by atoms with Crippen LogP contribution in [0.25, 0.3) is 0 Å². The van der Waals surface area contributed by atoms with Crippen molar-refractivity contribution in [2.75, 3.05) is 17.1 Å². The molecular formula is C25H31ClF3N3O4S. The first kappa shape index (κ1) is 30.4.